The summed E-state index contributed by atoms with van der Waals surface area (Å²) in [6, 6.07) is 7.75. The van der Waals surface area contributed by atoms with Crippen molar-refractivity contribution >= 4 is 17.8 Å². The summed E-state index contributed by atoms with van der Waals surface area (Å²) >= 11 is 0. The minimum atomic E-state index is -1.02. The van der Waals surface area contributed by atoms with Gasteiger partial charge in [-0.3, -0.25) is 9.59 Å². The van der Waals surface area contributed by atoms with E-state index in [0.29, 0.717) is 22.4 Å². The molecule has 0 atom stereocenters. The summed E-state index contributed by atoms with van der Waals surface area (Å²) in [6.45, 7) is 0. The van der Waals surface area contributed by atoms with E-state index >= 15 is 0 Å². The van der Waals surface area contributed by atoms with Gasteiger partial charge in [0, 0.05) is 11.1 Å². The summed E-state index contributed by atoms with van der Waals surface area (Å²) in [6.07, 6.45) is 2.64. The smallest absolute Gasteiger partial charge is 0.307 e. The Balaban J connectivity index is 2.30. The normalized spacial score (nSPS) is 10.6. The molecule has 2 aromatic rings. The van der Waals surface area contributed by atoms with E-state index in [1.54, 1.807) is 30.3 Å². The highest BCUT2D eigenvalue weighted by Gasteiger charge is 2.12. The van der Waals surface area contributed by atoms with E-state index in [9.17, 15) is 14.7 Å². The number of aromatic hydroxyl groups is 1. The van der Waals surface area contributed by atoms with Gasteiger partial charge in [0.2, 0.25) is 5.75 Å². The predicted molar refractivity (Wildman–Crippen MR) is 98.9 cm³/mol. The molecule has 2 rings (SSSR count). The Bertz CT molecular complexity index is 859. The lowest BCUT2D eigenvalue weighted by atomic mass is 10.0. The summed E-state index contributed by atoms with van der Waals surface area (Å²) in [5.74, 6) is -0.612. The molecular weight excluding hydrogens is 352 g/mol. The van der Waals surface area contributed by atoms with Gasteiger partial charge < -0.3 is 24.4 Å². The molecule has 0 saturated heterocycles. The number of aliphatic carboxylic acids is 1. The van der Waals surface area contributed by atoms with Crippen LogP contribution < -0.4 is 14.2 Å². The average Bonchev–Trinajstić information content (AvgIpc) is 2.66. The number of ether oxygens (including phenoxy) is 3. The van der Waals surface area contributed by atoms with Crippen molar-refractivity contribution in [3.05, 3.63) is 53.1 Å². The van der Waals surface area contributed by atoms with Crippen molar-refractivity contribution in [1.82, 2.24) is 0 Å². The van der Waals surface area contributed by atoms with Crippen molar-refractivity contribution in [3.63, 3.8) is 0 Å². The molecule has 0 bridgehead atoms. The first-order chi connectivity index (χ1) is 12.9. The fourth-order valence-corrected chi connectivity index (χ4v) is 2.51. The second-order valence-corrected chi connectivity index (χ2v) is 5.57. The SMILES string of the molecule is COc1ccc(C(=O)/C=C/c2cc(OC)c(O)c(OC)c2)cc1CC(=O)O. The number of hydrogen-bond acceptors (Lipinski definition) is 6. The van der Waals surface area contributed by atoms with Crippen LogP contribution >= 0.6 is 0 Å². The van der Waals surface area contributed by atoms with Crippen LogP contribution in [0.4, 0.5) is 0 Å². The first-order valence-electron chi connectivity index (χ1n) is 7.95. The minimum Gasteiger partial charge on any atom is -0.502 e. The molecule has 142 valence electrons. The molecule has 0 spiro atoms. The molecule has 7 heteroatoms. The van der Waals surface area contributed by atoms with Gasteiger partial charge in [0.05, 0.1) is 27.8 Å². The van der Waals surface area contributed by atoms with Crippen molar-refractivity contribution in [1.29, 1.82) is 0 Å². The van der Waals surface area contributed by atoms with Crippen LogP contribution in [0.1, 0.15) is 21.5 Å². The summed E-state index contributed by atoms with van der Waals surface area (Å²) < 4.78 is 15.3. The number of carbonyl (C=O) groups excluding carboxylic acids is 1. The molecule has 0 fully saturated rings. The second-order valence-electron chi connectivity index (χ2n) is 5.57. The molecule has 0 aliphatic rings. The third-order valence-electron chi connectivity index (χ3n) is 3.84. The van der Waals surface area contributed by atoms with E-state index < -0.39 is 5.97 Å². The van der Waals surface area contributed by atoms with Crippen LogP contribution in [-0.2, 0) is 11.2 Å². The zero-order valence-corrected chi connectivity index (χ0v) is 15.2. The third kappa shape index (κ3) is 4.78. The lowest BCUT2D eigenvalue weighted by Crippen LogP contribution is -2.04. The summed E-state index contributed by atoms with van der Waals surface area (Å²) in [7, 11) is 4.26. The fourth-order valence-electron chi connectivity index (χ4n) is 2.51. The lowest BCUT2D eigenvalue weighted by molar-refractivity contribution is -0.136. The summed E-state index contributed by atoms with van der Waals surface area (Å²) in [4.78, 5) is 23.4. The van der Waals surface area contributed by atoms with Gasteiger partial charge in [0.15, 0.2) is 17.3 Å². The van der Waals surface area contributed by atoms with Gasteiger partial charge in [-0.15, -0.1) is 0 Å². The number of phenolic OH excluding ortho intramolecular Hbond substituents is 1. The van der Waals surface area contributed by atoms with E-state index in [4.69, 9.17) is 19.3 Å². The first kappa shape index (κ1) is 19.8. The molecule has 0 amide bonds. The van der Waals surface area contributed by atoms with Crippen LogP contribution in [0, 0.1) is 0 Å². The van der Waals surface area contributed by atoms with E-state index in [-0.39, 0.29) is 29.5 Å². The maximum Gasteiger partial charge on any atom is 0.307 e. The monoisotopic (exact) mass is 372 g/mol. The highest BCUT2D eigenvalue weighted by atomic mass is 16.5. The third-order valence-corrected chi connectivity index (χ3v) is 3.84. The molecule has 0 saturated carbocycles. The number of benzene rings is 2. The van der Waals surface area contributed by atoms with Crippen LogP contribution in [-0.4, -0.2) is 43.3 Å². The van der Waals surface area contributed by atoms with Crippen molar-refractivity contribution in [3.8, 4) is 23.0 Å². The van der Waals surface area contributed by atoms with Crippen molar-refractivity contribution < 1.29 is 34.0 Å². The fraction of sp³-hybridized carbons (Fsp3) is 0.200. The standard InChI is InChI=1S/C20H20O7/c1-25-16-7-5-13(10-14(16)11-19(22)23)15(21)6-4-12-8-17(26-2)20(24)18(9-12)27-3/h4-10,24H,11H2,1-3H3,(H,22,23)/b6-4+. The van der Waals surface area contributed by atoms with Crippen LogP contribution in [0.2, 0.25) is 0 Å². The van der Waals surface area contributed by atoms with Gasteiger partial charge in [-0.2, -0.15) is 0 Å². The number of carboxylic acid groups (broad SMARTS) is 1. The van der Waals surface area contributed by atoms with E-state index in [0.717, 1.165) is 0 Å². The van der Waals surface area contributed by atoms with Gasteiger partial charge in [0.1, 0.15) is 5.75 Å². The van der Waals surface area contributed by atoms with Gasteiger partial charge >= 0.3 is 5.97 Å². The Hall–Kier alpha value is -3.48. The number of hydrogen-bond donors (Lipinski definition) is 2. The van der Waals surface area contributed by atoms with E-state index in [2.05, 4.69) is 0 Å². The molecule has 0 aliphatic heterocycles. The van der Waals surface area contributed by atoms with Crippen molar-refractivity contribution in [2.24, 2.45) is 0 Å². The summed E-state index contributed by atoms with van der Waals surface area (Å²) in [5.41, 5.74) is 1.34. The maximum atomic E-state index is 12.4. The first-order valence-corrected chi connectivity index (χ1v) is 7.95. The van der Waals surface area contributed by atoms with E-state index in [1.807, 2.05) is 0 Å². The lowest BCUT2D eigenvalue weighted by Gasteiger charge is -2.09. The largest absolute Gasteiger partial charge is 0.502 e. The van der Waals surface area contributed by atoms with Crippen LogP contribution in [0.15, 0.2) is 36.4 Å². The number of ketones is 1. The zero-order chi connectivity index (χ0) is 20.0. The quantitative estimate of drug-likeness (QED) is 0.542. The van der Waals surface area contributed by atoms with Crippen LogP contribution in [0.5, 0.6) is 23.0 Å². The molecule has 2 aromatic carbocycles. The number of phenols is 1. The highest BCUT2D eigenvalue weighted by Crippen LogP contribution is 2.37. The molecule has 2 N–H and O–H groups in total. The van der Waals surface area contributed by atoms with Crippen molar-refractivity contribution in [2.75, 3.05) is 21.3 Å². The van der Waals surface area contributed by atoms with Gasteiger partial charge in [-0.1, -0.05) is 6.08 Å². The molecule has 0 aliphatic carbocycles. The molecular formula is C20H20O7. The Morgan fingerprint density at radius 3 is 2.07 bits per heavy atom. The second kappa shape index (κ2) is 8.75. The summed E-state index contributed by atoms with van der Waals surface area (Å²) in [5, 5.41) is 18.9. The molecule has 27 heavy (non-hydrogen) atoms. The van der Waals surface area contributed by atoms with Gasteiger partial charge in [0.25, 0.3) is 0 Å². The van der Waals surface area contributed by atoms with Crippen LogP contribution in [0.3, 0.4) is 0 Å². The molecule has 0 heterocycles. The Morgan fingerprint density at radius 1 is 0.963 bits per heavy atom. The molecule has 0 aromatic heterocycles. The Kier molecular flexibility index (Phi) is 6.43. The molecule has 7 nitrogen and oxygen atoms in total. The average molecular weight is 372 g/mol. The number of methoxy groups -OCH3 is 3. The van der Waals surface area contributed by atoms with Gasteiger partial charge in [-0.25, -0.2) is 0 Å². The topological polar surface area (TPSA) is 102 Å². The number of carboxylic acids is 1. The maximum absolute atomic E-state index is 12.4. The Labute approximate surface area is 156 Å². The Morgan fingerprint density at radius 2 is 1.56 bits per heavy atom. The molecule has 0 radical (unpaired) electrons. The minimum absolute atomic E-state index is 0.128. The van der Waals surface area contributed by atoms with Crippen LogP contribution in [0.25, 0.3) is 6.08 Å². The number of carbonyl (C=O) groups is 2. The number of rotatable bonds is 8. The van der Waals surface area contributed by atoms with E-state index in [1.165, 1.54) is 33.5 Å². The van der Waals surface area contributed by atoms with Crippen molar-refractivity contribution in [2.45, 2.75) is 6.42 Å². The predicted octanol–water partition coefficient (Wildman–Crippen LogP) is 2.94. The van der Waals surface area contributed by atoms with Gasteiger partial charge in [-0.05, 0) is 42.0 Å². The number of allylic oxidation sites excluding steroid dienone is 1. The highest BCUT2D eigenvalue weighted by molar-refractivity contribution is 6.07. The zero-order valence-electron chi connectivity index (χ0n) is 15.2. The molecule has 0 unspecified atom stereocenters.